The van der Waals surface area contributed by atoms with E-state index in [1.807, 2.05) is 56.3 Å². The molecule has 0 saturated carbocycles. The maximum atomic E-state index is 12.7. The van der Waals surface area contributed by atoms with Crippen molar-refractivity contribution < 1.29 is 4.79 Å². The Labute approximate surface area is 161 Å². The lowest BCUT2D eigenvalue weighted by Gasteiger charge is -2.09. The Bertz CT molecular complexity index is 1140. The van der Waals surface area contributed by atoms with Crippen molar-refractivity contribution in [3.63, 3.8) is 0 Å². The summed E-state index contributed by atoms with van der Waals surface area (Å²) in [5, 5.41) is 8.96. The van der Waals surface area contributed by atoms with Gasteiger partial charge in [-0.3, -0.25) is 9.78 Å². The van der Waals surface area contributed by atoms with E-state index in [0.717, 1.165) is 33.7 Å². The van der Waals surface area contributed by atoms with Crippen LogP contribution in [0.15, 0.2) is 60.8 Å². The van der Waals surface area contributed by atoms with Crippen LogP contribution in [0, 0.1) is 13.8 Å². The summed E-state index contributed by atoms with van der Waals surface area (Å²) in [4.78, 5) is 17.0. The fraction of sp³-hybridized carbons (Fsp3) is 0.0952. The lowest BCUT2D eigenvalue weighted by Crippen LogP contribution is -2.12. The molecule has 5 nitrogen and oxygen atoms in total. The van der Waals surface area contributed by atoms with Crippen LogP contribution in [-0.4, -0.2) is 20.7 Å². The van der Waals surface area contributed by atoms with Gasteiger partial charge < -0.3 is 5.32 Å². The van der Waals surface area contributed by atoms with E-state index in [1.165, 1.54) is 0 Å². The normalized spacial score (nSPS) is 10.9. The van der Waals surface area contributed by atoms with Crippen LogP contribution in [0.5, 0.6) is 0 Å². The molecular formula is C21H17ClN4O. The average molecular weight is 377 g/mol. The van der Waals surface area contributed by atoms with E-state index in [1.54, 1.807) is 23.0 Å². The first-order valence-electron chi connectivity index (χ1n) is 8.52. The smallest absolute Gasteiger partial charge is 0.255 e. The summed E-state index contributed by atoms with van der Waals surface area (Å²) in [7, 11) is 0. The Kier molecular flexibility index (Phi) is 4.38. The van der Waals surface area contributed by atoms with Crippen LogP contribution < -0.4 is 5.32 Å². The van der Waals surface area contributed by atoms with E-state index in [4.69, 9.17) is 11.6 Å². The molecule has 27 heavy (non-hydrogen) atoms. The Balaban J connectivity index is 1.60. The fourth-order valence-electron chi connectivity index (χ4n) is 3.04. The highest BCUT2D eigenvalue weighted by Gasteiger charge is 2.12. The van der Waals surface area contributed by atoms with Gasteiger partial charge in [-0.25, -0.2) is 4.68 Å². The second-order valence-corrected chi connectivity index (χ2v) is 6.65. The number of hydrogen-bond acceptors (Lipinski definition) is 3. The van der Waals surface area contributed by atoms with E-state index in [0.29, 0.717) is 10.6 Å². The molecule has 0 fully saturated rings. The first-order chi connectivity index (χ1) is 13.0. The van der Waals surface area contributed by atoms with E-state index in [9.17, 15) is 4.79 Å². The number of hydrogen-bond donors (Lipinski definition) is 1. The van der Waals surface area contributed by atoms with E-state index < -0.39 is 0 Å². The Morgan fingerprint density at radius 2 is 1.81 bits per heavy atom. The van der Waals surface area contributed by atoms with Gasteiger partial charge in [0.2, 0.25) is 0 Å². The molecular weight excluding hydrogens is 360 g/mol. The topological polar surface area (TPSA) is 59.8 Å². The molecule has 0 bridgehead atoms. The van der Waals surface area contributed by atoms with Crippen molar-refractivity contribution in [3.8, 4) is 5.69 Å². The van der Waals surface area contributed by atoms with Crippen molar-refractivity contribution in [3.05, 3.63) is 82.8 Å². The molecule has 134 valence electrons. The van der Waals surface area contributed by atoms with Crippen molar-refractivity contribution in [2.24, 2.45) is 0 Å². The molecule has 0 aliphatic carbocycles. The molecule has 1 amide bonds. The van der Waals surface area contributed by atoms with E-state index >= 15 is 0 Å². The number of benzene rings is 2. The van der Waals surface area contributed by atoms with Crippen molar-refractivity contribution in [2.45, 2.75) is 13.8 Å². The molecule has 0 atom stereocenters. The summed E-state index contributed by atoms with van der Waals surface area (Å²) in [6.07, 6.45) is 1.73. The third kappa shape index (κ3) is 3.17. The molecule has 1 N–H and O–H groups in total. The predicted octanol–water partition coefficient (Wildman–Crippen LogP) is 4.94. The number of aromatic nitrogens is 3. The second-order valence-electron chi connectivity index (χ2n) is 6.27. The first-order valence-corrected chi connectivity index (χ1v) is 8.89. The zero-order valence-corrected chi connectivity index (χ0v) is 15.7. The van der Waals surface area contributed by atoms with E-state index in [2.05, 4.69) is 15.4 Å². The first kappa shape index (κ1) is 17.2. The molecule has 0 saturated heterocycles. The maximum Gasteiger partial charge on any atom is 0.255 e. The summed E-state index contributed by atoms with van der Waals surface area (Å²) in [5.41, 5.74) is 4.64. The molecule has 2 heterocycles. The van der Waals surface area contributed by atoms with Gasteiger partial charge in [0.25, 0.3) is 5.91 Å². The second kappa shape index (κ2) is 6.85. The number of pyridine rings is 1. The van der Waals surface area contributed by atoms with Gasteiger partial charge >= 0.3 is 0 Å². The zero-order valence-electron chi connectivity index (χ0n) is 14.9. The fourth-order valence-corrected chi connectivity index (χ4v) is 3.15. The molecule has 6 heteroatoms. The lowest BCUT2D eigenvalue weighted by molar-refractivity contribution is 0.102. The highest BCUT2D eigenvalue weighted by Crippen LogP contribution is 2.24. The molecule has 0 aliphatic rings. The number of amides is 1. The monoisotopic (exact) mass is 376 g/mol. The Hall–Kier alpha value is -3.18. The van der Waals surface area contributed by atoms with Gasteiger partial charge in [-0.05, 0) is 62.4 Å². The van der Waals surface area contributed by atoms with Gasteiger partial charge in [0.15, 0.2) is 0 Å². The Morgan fingerprint density at radius 1 is 1.04 bits per heavy atom. The quantitative estimate of drug-likeness (QED) is 0.550. The summed E-state index contributed by atoms with van der Waals surface area (Å²) in [6, 6.07) is 16.7. The molecule has 4 rings (SSSR count). The number of nitrogens with one attached hydrogen (secondary N) is 1. The van der Waals surface area contributed by atoms with Gasteiger partial charge in [-0.1, -0.05) is 17.7 Å². The van der Waals surface area contributed by atoms with Crippen molar-refractivity contribution in [1.82, 2.24) is 14.8 Å². The van der Waals surface area contributed by atoms with Crippen LogP contribution in [0.3, 0.4) is 0 Å². The minimum atomic E-state index is -0.177. The van der Waals surface area contributed by atoms with Gasteiger partial charge in [0.05, 0.1) is 33.3 Å². The number of nitrogens with zero attached hydrogens (tertiary/aromatic N) is 3. The number of carbonyl (C=O) groups is 1. The van der Waals surface area contributed by atoms with Crippen LogP contribution in [-0.2, 0) is 0 Å². The van der Waals surface area contributed by atoms with Gasteiger partial charge in [0.1, 0.15) is 0 Å². The zero-order chi connectivity index (χ0) is 19.0. The number of aryl methyl sites for hydroxylation is 1. The molecule has 0 aliphatic heterocycles. The number of anilines is 1. The Morgan fingerprint density at radius 3 is 2.52 bits per heavy atom. The third-order valence-electron chi connectivity index (χ3n) is 4.47. The molecule has 0 spiro atoms. The number of carbonyl (C=O) groups excluding carboxylic acids is 1. The van der Waals surface area contributed by atoms with E-state index in [-0.39, 0.29) is 5.91 Å². The van der Waals surface area contributed by atoms with Crippen LogP contribution in [0.2, 0.25) is 5.02 Å². The van der Waals surface area contributed by atoms with Crippen molar-refractivity contribution in [1.29, 1.82) is 0 Å². The number of rotatable bonds is 3. The van der Waals surface area contributed by atoms with Crippen LogP contribution >= 0.6 is 11.6 Å². The van der Waals surface area contributed by atoms with Gasteiger partial charge in [-0.15, -0.1) is 0 Å². The molecule has 0 radical (unpaired) electrons. The SMILES string of the molecule is Cc1nn(-c2ccc(C(=O)Nc3cccc4ncccc34)cc2)c(C)c1Cl. The molecule has 4 aromatic rings. The third-order valence-corrected chi connectivity index (χ3v) is 5.02. The van der Waals surface area contributed by atoms with Crippen molar-refractivity contribution in [2.75, 3.05) is 5.32 Å². The average Bonchev–Trinajstić information content (AvgIpc) is 2.96. The van der Waals surface area contributed by atoms with Gasteiger partial charge in [-0.2, -0.15) is 5.10 Å². The minimum absolute atomic E-state index is 0.177. The van der Waals surface area contributed by atoms with Crippen LogP contribution in [0.1, 0.15) is 21.7 Å². The van der Waals surface area contributed by atoms with Crippen molar-refractivity contribution >= 4 is 34.1 Å². The van der Waals surface area contributed by atoms with Gasteiger partial charge in [0, 0.05) is 17.1 Å². The highest BCUT2D eigenvalue weighted by molar-refractivity contribution is 6.31. The number of fused-ring (bicyclic) bond motifs is 1. The lowest BCUT2D eigenvalue weighted by atomic mass is 10.1. The molecule has 2 aromatic heterocycles. The summed E-state index contributed by atoms with van der Waals surface area (Å²) in [6.45, 7) is 3.78. The highest BCUT2D eigenvalue weighted by atomic mass is 35.5. The molecule has 0 unspecified atom stereocenters. The van der Waals surface area contributed by atoms with Crippen LogP contribution in [0.4, 0.5) is 5.69 Å². The minimum Gasteiger partial charge on any atom is -0.321 e. The summed E-state index contributed by atoms with van der Waals surface area (Å²) < 4.78 is 1.77. The predicted molar refractivity (Wildman–Crippen MR) is 108 cm³/mol. The summed E-state index contributed by atoms with van der Waals surface area (Å²) in [5.74, 6) is -0.177. The standard InChI is InChI=1S/C21H17ClN4O/c1-13-20(22)14(2)26(25-13)16-10-8-15(9-11-16)21(27)24-19-7-3-6-18-17(19)5-4-12-23-18/h3-12H,1-2H3,(H,24,27). The largest absolute Gasteiger partial charge is 0.321 e. The summed E-state index contributed by atoms with van der Waals surface area (Å²) >= 11 is 6.22. The van der Waals surface area contributed by atoms with Crippen LogP contribution in [0.25, 0.3) is 16.6 Å². The number of halogens is 1. The molecule has 2 aromatic carbocycles. The maximum absolute atomic E-state index is 12.7.